The van der Waals surface area contributed by atoms with Gasteiger partial charge in [-0.15, -0.1) is 0 Å². The van der Waals surface area contributed by atoms with Crippen molar-refractivity contribution >= 4 is 11.6 Å². The Morgan fingerprint density at radius 1 is 1.10 bits per heavy atom. The van der Waals surface area contributed by atoms with Crippen LogP contribution in [0.2, 0.25) is 0 Å². The molecule has 0 unspecified atom stereocenters. The lowest BCUT2D eigenvalue weighted by atomic mass is 9.82. The molecule has 0 aliphatic heterocycles. The Balaban J connectivity index is 2.27. The Bertz CT molecular complexity index is 512. The predicted molar refractivity (Wildman–Crippen MR) is 88.3 cm³/mol. The summed E-state index contributed by atoms with van der Waals surface area (Å²) < 4.78 is 0. The van der Waals surface area contributed by atoms with Crippen LogP contribution < -0.4 is 16.6 Å². The van der Waals surface area contributed by atoms with E-state index in [1.54, 1.807) is 0 Å². The summed E-state index contributed by atoms with van der Waals surface area (Å²) in [6, 6.07) is 0. The topological polar surface area (TPSA) is 75.9 Å². The average Bonchev–Trinajstić information content (AvgIpc) is 3.12. The summed E-state index contributed by atoms with van der Waals surface area (Å²) in [5.74, 6) is 8.64. The number of nitrogens with zero attached hydrogens (tertiary/aromatic N) is 2. The largest absolute Gasteiger partial charge is 0.365 e. The molecule has 118 valence electrons. The van der Waals surface area contributed by atoms with Crippen molar-refractivity contribution in [3.63, 3.8) is 0 Å². The molecule has 0 spiro atoms. The minimum Gasteiger partial charge on any atom is -0.365 e. The monoisotopic (exact) mass is 291 g/mol. The minimum atomic E-state index is -0.0376. The molecular formula is C16H29N5. The molecule has 1 heterocycles. The maximum atomic E-state index is 5.61. The maximum absolute atomic E-state index is 5.61. The molecule has 0 bridgehead atoms. The quantitative estimate of drug-likeness (QED) is 0.571. The number of anilines is 2. The summed E-state index contributed by atoms with van der Waals surface area (Å²) in [4.78, 5) is 9.27. The van der Waals surface area contributed by atoms with Gasteiger partial charge in [0, 0.05) is 17.0 Å². The smallest absolute Gasteiger partial charge is 0.148 e. The van der Waals surface area contributed by atoms with E-state index in [2.05, 4.69) is 50.3 Å². The molecule has 1 aromatic heterocycles. The Morgan fingerprint density at radius 3 is 2.14 bits per heavy atom. The van der Waals surface area contributed by atoms with Crippen molar-refractivity contribution in [2.75, 3.05) is 10.7 Å². The standard InChI is InChI=1S/C16H29N5/c1-10-12(20-16(5,6)9-15(2,3)4)18-14(11-7-8-11)19-13(10)21-17/h11H,7-9,17H2,1-6H3,(H2,18,19,20,21). The first-order chi connectivity index (χ1) is 9.61. The lowest BCUT2D eigenvalue weighted by molar-refractivity contribution is 0.302. The SMILES string of the molecule is Cc1c(NN)nc(C2CC2)nc1NC(C)(C)CC(C)(C)C. The van der Waals surface area contributed by atoms with E-state index < -0.39 is 0 Å². The van der Waals surface area contributed by atoms with Crippen LogP contribution in [0, 0.1) is 12.3 Å². The molecule has 0 atom stereocenters. The number of hydrazine groups is 1. The molecule has 5 heteroatoms. The van der Waals surface area contributed by atoms with Gasteiger partial charge in [-0.2, -0.15) is 0 Å². The Hall–Kier alpha value is -1.36. The highest BCUT2D eigenvalue weighted by Crippen LogP contribution is 2.40. The molecule has 0 saturated heterocycles. The van der Waals surface area contributed by atoms with Gasteiger partial charge in [0.2, 0.25) is 0 Å². The van der Waals surface area contributed by atoms with Crippen LogP contribution in [0.25, 0.3) is 0 Å². The van der Waals surface area contributed by atoms with Crippen molar-refractivity contribution in [3.8, 4) is 0 Å². The van der Waals surface area contributed by atoms with Gasteiger partial charge < -0.3 is 10.7 Å². The van der Waals surface area contributed by atoms with E-state index in [-0.39, 0.29) is 11.0 Å². The summed E-state index contributed by atoms with van der Waals surface area (Å²) in [6.45, 7) is 13.2. The fourth-order valence-electron chi connectivity index (χ4n) is 3.01. The van der Waals surface area contributed by atoms with Crippen LogP contribution in [0.15, 0.2) is 0 Å². The number of hydrogen-bond donors (Lipinski definition) is 3. The zero-order chi connectivity index (χ0) is 15.8. The molecule has 0 amide bonds. The maximum Gasteiger partial charge on any atom is 0.148 e. The molecular weight excluding hydrogens is 262 g/mol. The zero-order valence-corrected chi connectivity index (χ0v) is 14.2. The molecule has 0 radical (unpaired) electrons. The third-order valence-corrected chi connectivity index (χ3v) is 3.67. The van der Waals surface area contributed by atoms with Gasteiger partial charge in [-0.1, -0.05) is 20.8 Å². The molecule has 1 aliphatic rings. The molecule has 1 aromatic rings. The van der Waals surface area contributed by atoms with Gasteiger partial charge in [-0.05, 0) is 45.4 Å². The van der Waals surface area contributed by atoms with Crippen LogP contribution in [0.5, 0.6) is 0 Å². The minimum absolute atomic E-state index is 0.0376. The number of aromatic nitrogens is 2. The van der Waals surface area contributed by atoms with Gasteiger partial charge in [0.15, 0.2) is 0 Å². The van der Waals surface area contributed by atoms with Crippen LogP contribution in [0.3, 0.4) is 0 Å². The highest BCUT2D eigenvalue weighted by atomic mass is 15.3. The first kappa shape index (κ1) is 16.0. The number of nitrogens with one attached hydrogen (secondary N) is 2. The van der Waals surface area contributed by atoms with Crippen LogP contribution in [-0.4, -0.2) is 15.5 Å². The molecule has 1 saturated carbocycles. The van der Waals surface area contributed by atoms with Crippen molar-refractivity contribution in [1.82, 2.24) is 9.97 Å². The van der Waals surface area contributed by atoms with Gasteiger partial charge in [-0.25, -0.2) is 15.8 Å². The highest BCUT2D eigenvalue weighted by molar-refractivity contribution is 5.58. The van der Waals surface area contributed by atoms with Crippen LogP contribution in [0.1, 0.15) is 71.2 Å². The van der Waals surface area contributed by atoms with E-state index in [1.807, 2.05) is 6.92 Å². The van der Waals surface area contributed by atoms with E-state index in [9.17, 15) is 0 Å². The van der Waals surface area contributed by atoms with Crippen molar-refractivity contribution < 1.29 is 0 Å². The van der Waals surface area contributed by atoms with Gasteiger partial charge in [0.1, 0.15) is 17.5 Å². The van der Waals surface area contributed by atoms with Crippen LogP contribution in [0.4, 0.5) is 11.6 Å². The second-order valence-corrected chi connectivity index (χ2v) is 8.07. The van der Waals surface area contributed by atoms with Crippen molar-refractivity contribution in [3.05, 3.63) is 11.4 Å². The van der Waals surface area contributed by atoms with E-state index in [4.69, 9.17) is 10.8 Å². The molecule has 1 aliphatic carbocycles. The van der Waals surface area contributed by atoms with E-state index >= 15 is 0 Å². The Kier molecular flexibility index (Phi) is 4.15. The third kappa shape index (κ3) is 4.30. The Morgan fingerprint density at radius 2 is 1.67 bits per heavy atom. The predicted octanol–water partition coefficient (Wildman–Crippen LogP) is 3.57. The van der Waals surface area contributed by atoms with Gasteiger partial charge >= 0.3 is 0 Å². The molecule has 1 fully saturated rings. The highest BCUT2D eigenvalue weighted by Gasteiger charge is 2.30. The lowest BCUT2D eigenvalue weighted by Gasteiger charge is -2.34. The van der Waals surface area contributed by atoms with Crippen molar-refractivity contribution in [1.29, 1.82) is 0 Å². The van der Waals surface area contributed by atoms with E-state index in [0.29, 0.717) is 5.92 Å². The van der Waals surface area contributed by atoms with E-state index in [1.165, 1.54) is 12.8 Å². The Labute approximate surface area is 128 Å². The molecule has 2 rings (SSSR count). The zero-order valence-electron chi connectivity index (χ0n) is 14.2. The number of hydrogen-bond acceptors (Lipinski definition) is 5. The summed E-state index contributed by atoms with van der Waals surface area (Å²) in [6.07, 6.45) is 3.41. The van der Waals surface area contributed by atoms with Gasteiger partial charge in [0.25, 0.3) is 0 Å². The fraction of sp³-hybridized carbons (Fsp3) is 0.750. The third-order valence-electron chi connectivity index (χ3n) is 3.67. The fourth-order valence-corrected chi connectivity index (χ4v) is 3.01. The van der Waals surface area contributed by atoms with Gasteiger partial charge in [0.05, 0.1) is 0 Å². The normalized spacial score (nSPS) is 16.0. The first-order valence-electron chi connectivity index (χ1n) is 7.75. The number of nitrogens with two attached hydrogens (primary N) is 1. The van der Waals surface area contributed by atoms with Gasteiger partial charge in [-0.3, -0.25) is 0 Å². The number of nitrogen functional groups attached to an aromatic ring is 1. The average molecular weight is 291 g/mol. The van der Waals surface area contributed by atoms with Crippen molar-refractivity contribution in [2.24, 2.45) is 11.3 Å². The number of rotatable bonds is 5. The molecule has 5 nitrogen and oxygen atoms in total. The van der Waals surface area contributed by atoms with Crippen molar-refractivity contribution in [2.45, 2.75) is 72.3 Å². The second kappa shape index (κ2) is 5.44. The van der Waals surface area contributed by atoms with Crippen LogP contribution >= 0.6 is 0 Å². The summed E-state index contributed by atoms with van der Waals surface area (Å²) >= 11 is 0. The summed E-state index contributed by atoms with van der Waals surface area (Å²) in [7, 11) is 0. The first-order valence-corrected chi connectivity index (χ1v) is 7.75. The summed E-state index contributed by atoms with van der Waals surface area (Å²) in [5.41, 5.74) is 3.90. The molecule has 21 heavy (non-hydrogen) atoms. The molecule has 0 aromatic carbocycles. The lowest BCUT2D eigenvalue weighted by Crippen LogP contribution is -2.36. The van der Waals surface area contributed by atoms with E-state index in [0.717, 1.165) is 29.4 Å². The second-order valence-electron chi connectivity index (χ2n) is 8.07. The van der Waals surface area contributed by atoms with Crippen LogP contribution in [-0.2, 0) is 0 Å². The molecule has 4 N–H and O–H groups in total. The summed E-state index contributed by atoms with van der Waals surface area (Å²) in [5, 5.41) is 3.59.